The van der Waals surface area contributed by atoms with Crippen LogP contribution in [0.15, 0.2) is 24.3 Å². The fourth-order valence-corrected chi connectivity index (χ4v) is 0.0250. The molecule has 0 unspecified atom stereocenters. The van der Waals surface area contributed by atoms with Crippen LogP contribution in [0.3, 0.4) is 0 Å². The maximum Gasteiger partial charge on any atom is 0.122 e. The molecule has 10 heavy (non-hydrogen) atoms. The van der Waals surface area contributed by atoms with E-state index in [-0.39, 0.29) is 5.57 Å². The van der Waals surface area contributed by atoms with Crippen LogP contribution in [0, 0.1) is 22.7 Å². The molecule has 52 valence electrons. The molecule has 2 heteroatoms. The van der Waals surface area contributed by atoms with Crippen molar-refractivity contribution in [3.63, 3.8) is 0 Å². The van der Waals surface area contributed by atoms with Crippen LogP contribution < -0.4 is 0 Å². The highest BCUT2D eigenvalue weighted by molar-refractivity contribution is 5.31. The molecule has 0 aromatic rings. The molecule has 0 amide bonds. The lowest BCUT2D eigenvalue weighted by atomic mass is 10.4. The lowest BCUT2D eigenvalue weighted by molar-refractivity contribution is 1.42. The van der Waals surface area contributed by atoms with Gasteiger partial charge in [-0.3, -0.25) is 0 Å². The average molecular weight is 134 g/mol. The number of nitriles is 2. The molecular weight excluding hydrogens is 124 g/mol. The lowest BCUT2D eigenvalue weighted by Gasteiger charge is -1.65. The Morgan fingerprint density at radius 1 is 1.10 bits per heavy atom. The highest BCUT2D eigenvalue weighted by Gasteiger charge is 1.76. The summed E-state index contributed by atoms with van der Waals surface area (Å²) in [5.74, 6) is 0. The molecule has 0 aliphatic heterocycles. The van der Waals surface area contributed by atoms with Gasteiger partial charge in [0.15, 0.2) is 0 Å². The Labute approximate surface area is 61.7 Å². The molecule has 0 heterocycles. The molecule has 0 saturated carbocycles. The monoisotopic (exact) mass is 134 g/mol. The minimum atomic E-state index is -0.0463. The molecule has 0 aliphatic rings. The minimum absolute atomic E-state index is 0.0463. The highest BCUT2D eigenvalue weighted by Crippen LogP contribution is 1.75. The van der Waals surface area contributed by atoms with Crippen molar-refractivity contribution in [1.82, 2.24) is 0 Å². The summed E-state index contributed by atoms with van der Waals surface area (Å²) in [5.41, 5.74) is 1.12. The van der Waals surface area contributed by atoms with Crippen molar-refractivity contribution >= 4 is 0 Å². The fraction of sp³-hybridized carbons (Fsp3) is 0.250. The Bertz CT molecular complexity index is 180. The van der Waals surface area contributed by atoms with Gasteiger partial charge in [0.1, 0.15) is 17.7 Å². The first-order valence-electron chi connectivity index (χ1n) is 2.65. The molecule has 0 fully saturated rings. The summed E-state index contributed by atoms with van der Waals surface area (Å²) in [7, 11) is 0. The SMILES string of the molecule is C=C(C#N)C#N.C=C(C)C. The van der Waals surface area contributed by atoms with E-state index < -0.39 is 0 Å². The van der Waals surface area contributed by atoms with E-state index in [9.17, 15) is 0 Å². The first kappa shape index (κ1) is 11.3. The second-order valence-electron chi connectivity index (χ2n) is 1.91. The van der Waals surface area contributed by atoms with Gasteiger partial charge in [-0.05, 0) is 13.8 Å². The van der Waals surface area contributed by atoms with Gasteiger partial charge in [-0.2, -0.15) is 10.5 Å². The smallest absolute Gasteiger partial charge is 0.122 e. The third-order valence-electron chi connectivity index (χ3n) is 0.270. The van der Waals surface area contributed by atoms with Crippen LogP contribution in [0.5, 0.6) is 0 Å². The predicted octanol–water partition coefficient (Wildman–Crippen LogP) is 2.17. The first-order chi connectivity index (χ1) is 4.54. The van der Waals surface area contributed by atoms with Gasteiger partial charge in [-0.25, -0.2) is 0 Å². The third-order valence-corrected chi connectivity index (χ3v) is 0.270. The molecular formula is C8H10N2. The third kappa shape index (κ3) is 31.8. The molecule has 0 rings (SSSR count). The second kappa shape index (κ2) is 7.46. The van der Waals surface area contributed by atoms with Crippen molar-refractivity contribution in [2.24, 2.45) is 0 Å². The van der Waals surface area contributed by atoms with Crippen molar-refractivity contribution in [1.29, 1.82) is 10.5 Å². The molecule has 2 nitrogen and oxygen atoms in total. The van der Waals surface area contributed by atoms with E-state index in [2.05, 4.69) is 13.2 Å². The Balaban J connectivity index is 0. The predicted molar refractivity (Wildman–Crippen MR) is 40.9 cm³/mol. The highest BCUT2D eigenvalue weighted by atomic mass is 14.3. The summed E-state index contributed by atoms with van der Waals surface area (Å²) in [4.78, 5) is 0. The van der Waals surface area contributed by atoms with Crippen molar-refractivity contribution in [2.75, 3.05) is 0 Å². The summed E-state index contributed by atoms with van der Waals surface area (Å²) < 4.78 is 0. The van der Waals surface area contributed by atoms with Gasteiger partial charge in [0, 0.05) is 0 Å². The van der Waals surface area contributed by atoms with E-state index in [0.29, 0.717) is 0 Å². The normalized spacial score (nSPS) is 5.60. The van der Waals surface area contributed by atoms with Crippen LogP contribution in [-0.2, 0) is 0 Å². The number of hydrogen-bond donors (Lipinski definition) is 0. The van der Waals surface area contributed by atoms with Gasteiger partial charge in [-0.15, -0.1) is 6.58 Å². The zero-order valence-electron chi connectivity index (χ0n) is 6.31. The zero-order valence-corrected chi connectivity index (χ0v) is 6.31. The fourth-order valence-electron chi connectivity index (χ4n) is 0.0250. The number of allylic oxidation sites excluding steroid dienone is 2. The minimum Gasteiger partial charge on any atom is -0.192 e. The maximum atomic E-state index is 7.76. The second-order valence-corrected chi connectivity index (χ2v) is 1.91. The van der Waals surface area contributed by atoms with Gasteiger partial charge in [0.05, 0.1) is 0 Å². The molecule has 0 N–H and O–H groups in total. The van der Waals surface area contributed by atoms with Gasteiger partial charge in [0.2, 0.25) is 0 Å². The van der Waals surface area contributed by atoms with Crippen LogP contribution >= 0.6 is 0 Å². The number of hydrogen-bond acceptors (Lipinski definition) is 2. The van der Waals surface area contributed by atoms with Crippen LogP contribution in [0.25, 0.3) is 0 Å². The van der Waals surface area contributed by atoms with E-state index in [1.54, 1.807) is 12.1 Å². The first-order valence-corrected chi connectivity index (χ1v) is 2.65. The Morgan fingerprint density at radius 2 is 1.30 bits per heavy atom. The van der Waals surface area contributed by atoms with Crippen LogP contribution in [-0.4, -0.2) is 0 Å². The number of nitrogens with zero attached hydrogens (tertiary/aromatic N) is 2. The summed E-state index contributed by atoms with van der Waals surface area (Å²) in [6.07, 6.45) is 0. The Hall–Kier alpha value is -1.54. The average Bonchev–Trinajstić information content (AvgIpc) is 1.85. The van der Waals surface area contributed by atoms with E-state index in [1.807, 2.05) is 13.8 Å². The molecule has 0 spiro atoms. The molecule has 0 saturated heterocycles. The summed E-state index contributed by atoms with van der Waals surface area (Å²) in [5, 5.41) is 15.5. The van der Waals surface area contributed by atoms with Crippen LogP contribution in [0.2, 0.25) is 0 Å². The molecule has 0 aromatic heterocycles. The van der Waals surface area contributed by atoms with Crippen molar-refractivity contribution < 1.29 is 0 Å². The molecule has 0 radical (unpaired) electrons. The van der Waals surface area contributed by atoms with Crippen LogP contribution in [0.4, 0.5) is 0 Å². The van der Waals surface area contributed by atoms with E-state index >= 15 is 0 Å². The lowest BCUT2D eigenvalue weighted by Crippen LogP contribution is -1.58. The van der Waals surface area contributed by atoms with Crippen molar-refractivity contribution in [3.05, 3.63) is 24.3 Å². The molecule has 0 atom stereocenters. The largest absolute Gasteiger partial charge is 0.192 e. The molecule has 0 aliphatic carbocycles. The van der Waals surface area contributed by atoms with Crippen LogP contribution in [0.1, 0.15) is 13.8 Å². The molecule has 0 bridgehead atoms. The quantitative estimate of drug-likeness (QED) is 0.376. The van der Waals surface area contributed by atoms with Gasteiger partial charge in [0.25, 0.3) is 0 Å². The van der Waals surface area contributed by atoms with E-state index in [1.165, 1.54) is 5.57 Å². The Kier molecular flexibility index (Phi) is 8.42. The summed E-state index contributed by atoms with van der Waals surface area (Å²) in [6, 6.07) is 3.12. The molecule has 0 aromatic carbocycles. The number of rotatable bonds is 0. The standard InChI is InChI=1S/C4H2N2.C4H8/c1-4(2-5)3-6;1-4(2)3/h1H2;1H2,2-3H3. The zero-order chi connectivity index (χ0) is 8.57. The maximum absolute atomic E-state index is 7.76. The van der Waals surface area contributed by atoms with Crippen molar-refractivity contribution in [2.45, 2.75) is 13.8 Å². The van der Waals surface area contributed by atoms with Gasteiger partial charge < -0.3 is 0 Å². The topological polar surface area (TPSA) is 47.6 Å². The van der Waals surface area contributed by atoms with E-state index in [0.717, 1.165) is 0 Å². The van der Waals surface area contributed by atoms with Crippen molar-refractivity contribution in [3.8, 4) is 12.1 Å². The van der Waals surface area contributed by atoms with E-state index in [4.69, 9.17) is 10.5 Å². The van der Waals surface area contributed by atoms with Gasteiger partial charge >= 0.3 is 0 Å². The van der Waals surface area contributed by atoms with Gasteiger partial charge in [-0.1, -0.05) is 12.2 Å². The summed E-state index contributed by atoms with van der Waals surface area (Å²) in [6.45, 7) is 10.6. The Morgan fingerprint density at radius 3 is 1.30 bits per heavy atom. The summed E-state index contributed by atoms with van der Waals surface area (Å²) >= 11 is 0.